The molecule has 0 atom stereocenters. The van der Waals surface area contributed by atoms with Crippen molar-refractivity contribution in [3.05, 3.63) is 107 Å². The fraction of sp³-hybridized carbons (Fsp3) is 0.0435. The molecule has 2 aromatic carbocycles. The number of aromatic nitrogens is 2. The minimum absolute atomic E-state index is 0.425. The summed E-state index contributed by atoms with van der Waals surface area (Å²) in [5.41, 5.74) is 9.12. The van der Waals surface area contributed by atoms with Crippen molar-refractivity contribution < 1.29 is 0 Å². The maximum absolute atomic E-state index is 6.35. The summed E-state index contributed by atoms with van der Waals surface area (Å²) < 4.78 is 0. The Labute approximate surface area is 156 Å². The van der Waals surface area contributed by atoms with Crippen molar-refractivity contribution in [3.63, 3.8) is 0 Å². The van der Waals surface area contributed by atoms with E-state index < -0.39 is 5.41 Å². The van der Waals surface area contributed by atoms with Crippen LogP contribution in [0, 0.1) is 0 Å². The largest absolute Gasteiger partial charge is 0.259 e. The predicted molar refractivity (Wildman–Crippen MR) is 103 cm³/mol. The number of benzene rings is 2. The maximum atomic E-state index is 6.35. The van der Waals surface area contributed by atoms with Gasteiger partial charge in [0.25, 0.3) is 0 Å². The van der Waals surface area contributed by atoms with E-state index in [-0.39, 0.29) is 0 Å². The predicted octanol–water partition coefficient (Wildman–Crippen LogP) is 5.47. The summed E-state index contributed by atoms with van der Waals surface area (Å²) in [5.74, 6) is 0. The van der Waals surface area contributed by atoms with Crippen LogP contribution in [0.2, 0.25) is 5.15 Å². The van der Waals surface area contributed by atoms with Crippen LogP contribution in [0.15, 0.2) is 79.1 Å². The number of fused-ring (bicyclic) bond motifs is 10. The zero-order valence-electron chi connectivity index (χ0n) is 13.8. The Hall–Kier alpha value is -2.97. The molecule has 26 heavy (non-hydrogen) atoms. The Balaban J connectivity index is 1.88. The van der Waals surface area contributed by atoms with E-state index in [0.29, 0.717) is 5.15 Å². The molecule has 0 N–H and O–H groups in total. The number of hydrogen-bond acceptors (Lipinski definition) is 2. The lowest BCUT2D eigenvalue weighted by atomic mass is 9.73. The van der Waals surface area contributed by atoms with Gasteiger partial charge in [-0.05, 0) is 39.9 Å². The zero-order valence-corrected chi connectivity index (χ0v) is 14.5. The van der Waals surface area contributed by atoms with Crippen LogP contribution in [0.4, 0.5) is 0 Å². The molecule has 2 aliphatic carbocycles. The van der Waals surface area contributed by atoms with E-state index in [2.05, 4.69) is 59.6 Å². The van der Waals surface area contributed by atoms with Crippen LogP contribution < -0.4 is 0 Å². The molecule has 2 nitrogen and oxygen atoms in total. The molecule has 0 radical (unpaired) electrons. The lowest BCUT2D eigenvalue weighted by Crippen LogP contribution is -2.27. The van der Waals surface area contributed by atoms with Gasteiger partial charge in [-0.25, -0.2) is 4.98 Å². The van der Waals surface area contributed by atoms with Crippen molar-refractivity contribution >= 4 is 11.6 Å². The molecular weight excluding hydrogens is 340 g/mol. The fourth-order valence-electron chi connectivity index (χ4n) is 4.78. The van der Waals surface area contributed by atoms with Gasteiger partial charge in [-0.2, -0.15) is 0 Å². The number of rotatable bonds is 0. The minimum atomic E-state index is -0.425. The summed E-state index contributed by atoms with van der Waals surface area (Å²) in [4.78, 5) is 9.22. The van der Waals surface area contributed by atoms with Gasteiger partial charge >= 0.3 is 0 Å². The van der Waals surface area contributed by atoms with Gasteiger partial charge in [0, 0.05) is 23.5 Å². The topological polar surface area (TPSA) is 25.8 Å². The van der Waals surface area contributed by atoms with Crippen LogP contribution in [0.1, 0.15) is 22.4 Å². The van der Waals surface area contributed by atoms with Crippen LogP contribution in [0.25, 0.3) is 22.3 Å². The third kappa shape index (κ3) is 1.50. The van der Waals surface area contributed by atoms with Gasteiger partial charge in [0.05, 0.1) is 11.1 Å². The van der Waals surface area contributed by atoms with Crippen LogP contribution in [-0.4, -0.2) is 9.97 Å². The molecule has 0 aliphatic heterocycles. The second-order valence-corrected chi connectivity index (χ2v) is 7.18. The number of pyridine rings is 2. The van der Waals surface area contributed by atoms with Crippen molar-refractivity contribution in [2.75, 3.05) is 0 Å². The van der Waals surface area contributed by atoms with Gasteiger partial charge in [-0.15, -0.1) is 0 Å². The fourth-order valence-corrected chi connectivity index (χ4v) is 4.94. The van der Waals surface area contributed by atoms with E-state index in [1.54, 1.807) is 0 Å². The molecule has 122 valence electrons. The molecule has 4 aromatic rings. The Morgan fingerprint density at radius 3 is 2.04 bits per heavy atom. The molecule has 1 spiro atoms. The Morgan fingerprint density at radius 2 is 1.31 bits per heavy atom. The van der Waals surface area contributed by atoms with E-state index in [9.17, 15) is 0 Å². The van der Waals surface area contributed by atoms with Gasteiger partial charge < -0.3 is 0 Å². The number of halogens is 1. The number of hydrogen-bond donors (Lipinski definition) is 0. The maximum Gasteiger partial charge on any atom is 0.129 e. The number of nitrogens with zero attached hydrogens (tertiary/aromatic N) is 2. The zero-order chi connectivity index (χ0) is 17.3. The standard InChI is InChI=1S/C23H13ClN2/c24-21-12-20-17(13-26-21)16-8-5-11-25-22(16)23(20)18-9-3-1-6-14(18)15-7-2-4-10-19(15)23/h1-13H. The summed E-state index contributed by atoms with van der Waals surface area (Å²) in [5, 5.41) is 0.512. The normalized spacial score (nSPS) is 14.7. The smallest absolute Gasteiger partial charge is 0.129 e. The highest BCUT2D eigenvalue weighted by Gasteiger charge is 2.52. The summed E-state index contributed by atoms with van der Waals surface area (Å²) in [6.07, 6.45) is 3.77. The molecule has 2 heterocycles. The quantitative estimate of drug-likeness (QED) is 0.338. The van der Waals surface area contributed by atoms with E-state index in [1.807, 2.05) is 24.5 Å². The van der Waals surface area contributed by atoms with Crippen molar-refractivity contribution in [1.82, 2.24) is 9.97 Å². The molecule has 0 fully saturated rings. The SMILES string of the molecule is Clc1cc2c(cn1)-c1cccnc1C21c2ccccc2-c2ccccc21. The highest BCUT2D eigenvalue weighted by atomic mass is 35.5. The van der Waals surface area contributed by atoms with Crippen LogP contribution in [-0.2, 0) is 5.41 Å². The second-order valence-electron chi connectivity index (χ2n) is 6.79. The van der Waals surface area contributed by atoms with Crippen molar-refractivity contribution in [1.29, 1.82) is 0 Å². The molecule has 0 saturated carbocycles. The first-order valence-corrected chi connectivity index (χ1v) is 9.01. The lowest BCUT2D eigenvalue weighted by Gasteiger charge is -2.29. The van der Waals surface area contributed by atoms with E-state index in [1.165, 1.54) is 27.8 Å². The van der Waals surface area contributed by atoms with E-state index >= 15 is 0 Å². The Bertz CT molecular complexity index is 1150. The summed E-state index contributed by atoms with van der Waals surface area (Å²) in [6, 6.07) is 23.4. The first kappa shape index (κ1) is 14.2. The van der Waals surface area contributed by atoms with Crippen molar-refractivity contribution in [2.24, 2.45) is 0 Å². The van der Waals surface area contributed by atoms with Gasteiger partial charge in [0.15, 0.2) is 0 Å². The van der Waals surface area contributed by atoms with Crippen molar-refractivity contribution in [2.45, 2.75) is 5.41 Å². The average Bonchev–Trinajstić information content (AvgIpc) is 3.15. The van der Waals surface area contributed by atoms with Crippen LogP contribution in [0.3, 0.4) is 0 Å². The summed E-state index contributed by atoms with van der Waals surface area (Å²) in [7, 11) is 0. The van der Waals surface area contributed by atoms with Crippen LogP contribution in [0.5, 0.6) is 0 Å². The van der Waals surface area contributed by atoms with Crippen molar-refractivity contribution in [3.8, 4) is 22.3 Å². The van der Waals surface area contributed by atoms with E-state index in [4.69, 9.17) is 16.6 Å². The third-order valence-corrected chi connectivity index (χ3v) is 5.89. The molecule has 0 unspecified atom stereocenters. The summed E-state index contributed by atoms with van der Waals surface area (Å²) in [6.45, 7) is 0. The molecule has 6 rings (SSSR count). The van der Waals surface area contributed by atoms with E-state index in [0.717, 1.165) is 16.8 Å². The first-order chi connectivity index (χ1) is 12.8. The molecule has 3 heteroatoms. The van der Waals surface area contributed by atoms with Gasteiger partial charge in [-0.1, -0.05) is 66.2 Å². The average molecular weight is 353 g/mol. The minimum Gasteiger partial charge on any atom is -0.259 e. The lowest BCUT2D eigenvalue weighted by molar-refractivity contribution is 0.759. The highest BCUT2D eigenvalue weighted by molar-refractivity contribution is 6.29. The third-order valence-electron chi connectivity index (χ3n) is 5.68. The van der Waals surface area contributed by atoms with Gasteiger partial charge in [0.2, 0.25) is 0 Å². The van der Waals surface area contributed by atoms with Gasteiger partial charge in [0.1, 0.15) is 5.15 Å². The molecule has 0 bridgehead atoms. The molecule has 0 saturated heterocycles. The Morgan fingerprint density at radius 1 is 0.654 bits per heavy atom. The van der Waals surface area contributed by atoms with Crippen LogP contribution >= 0.6 is 11.6 Å². The molecule has 0 amide bonds. The first-order valence-electron chi connectivity index (χ1n) is 8.63. The highest BCUT2D eigenvalue weighted by Crippen LogP contribution is 2.61. The molecule has 2 aliphatic rings. The summed E-state index contributed by atoms with van der Waals surface area (Å²) >= 11 is 6.35. The molecule has 2 aromatic heterocycles. The van der Waals surface area contributed by atoms with Gasteiger partial charge in [-0.3, -0.25) is 4.98 Å². The molecular formula is C23H13ClN2. The Kier molecular flexibility index (Phi) is 2.63. The second kappa shape index (κ2) is 4.80. The monoisotopic (exact) mass is 352 g/mol.